The van der Waals surface area contributed by atoms with Crippen LogP contribution in [0.2, 0.25) is 0 Å². The van der Waals surface area contributed by atoms with Crippen molar-refractivity contribution in [3.63, 3.8) is 0 Å². The highest BCUT2D eigenvalue weighted by molar-refractivity contribution is 5.87. The first-order valence-corrected chi connectivity index (χ1v) is 8.17. The van der Waals surface area contributed by atoms with Crippen molar-refractivity contribution in [1.29, 1.82) is 0 Å². The Hall–Kier alpha value is -1.35. The summed E-state index contributed by atoms with van der Waals surface area (Å²) in [6.45, 7) is 5.14. The van der Waals surface area contributed by atoms with Gasteiger partial charge in [0, 0.05) is 18.5 Å². The highest BCUT2D eigenvalue weighted by Crippen LogP contribution is 2.37. The summed E-state index contributed by atoms with van der Waals surface area (Å²) in [4.78, 5) is 14.9. The molecule has 1 aliphatic heterocycles. The lowest BCUT2D eigenvalue weighted by atomic mass is 9.93. The van der Waals surface area contributed by atoms with Crippen LogP contribution in [0.25, 0.3) is 0 Å². The largest absolute Gasteiger partial charge is 0.338 e. The number of aryl methyl sites for hydroxylation is 1. The zero-order chi connectivity index (χ0) is 15.0. The van der Waals surface area contributed by atoms with E-state index in [0.717, 1.165) is 38.6 Å². The van der Waals surface area contributed by atoms with Crippen molar-refractivity contribution in [1.82, 2.24) is 4.90 Å². The van der Waals surface area contributed by atoms with Crippen LogP contribution in [-0.2, 0) is 4.79 Å². The Morgan fingerprint density at radius 1 is 1.29 bits per heavy atom. The predicted molar refractivity (Wildman–Crippen MR) is 85.1 cm³/mol. The van der Waals surface area contributed by atoms with Gasteiger partial charge in [-0.15, -0.1) is 0 Å². The van der Waals surface area contributed by atoms with Crippen LogP contribution in [0.5, 0.6) is 0 Å². The first-order valence-electron chi connectivity index (χ1n) is 8.17. The van der Waals surface area contributed by atoms with Gasteiger partial charge in [0.2, 0.25) is 5.91 Å². The molecular weight excluding hydrogens is 260 g/mol. The Morgan fingerprint density at radius 3 is 2.62 bits per heavy atom. The van der Waals surface area contributed by atoms with Gasteiger partial charge in [0.25, 0.3) is 0 Å². The van der Waals surface area contributed by atoms with Crippen molar-refractivity contribution in [3.8, 4) is 0 Å². The number of nitrogens with two attached hydrogens (primary N) is 1. The molecule has 2 N–H and O–H groups in total. The third-order valence-corrected chi connectivity index (χ3v) is 5.39. The number of carbonyl (C=O) groups excluding carboxylic acids is 1. The molecule has 1 amide bonds. The Balaban J connectivity index is 1.77. The molecule has 3 rings (SSSR count). The van der Waals surface area contributed by atoms with Crippen molar-refractivity contribution >= 4 is 5.91 Å². The van der Waals surface area contributed by atoms with Crippen molar-refractivity contribution < 1.29 is 4.79 Å². The molecule has 2 aliphatic rings. The van der Waals surface area contributed by atoms with E-state index >= 15 is 0 Å². The fourth-order valence-corrected chi connectivity index (χ4v) is 4.09. The first kappa shape index (κ1) is 14.6. The van der Waals surface area contributed by atoms with E-state index in [1.807, 2.05) is 4.90 Å². The predicted octanol–water partition coefficient (Wildman–Crippen LogP) is 2.97. The number of rotatable bonds is 2. The summed E-state index contributed by atoms with van der Waals surface area (Å²) >= 11 is 0. The molecule has 2 atom stereocenters. The van der Waals surface area contributed by atoms with E-state index in [9.17, 15) is 4.79 Å². The minimum Gasteiger partial charge on any atom is -0.338 e. The molecule has 3 heteroatoms. The van der Waals surface area contributed by atoms with Crippen molar-refractivity contribution in [3.05, 3.63) is 35.4 Å². The maximum atomic E-state index is 12.8. The summed E-state index contributed by atoms with van der Waals surface area (Å²) in [7, 11) is 0. The van der Waals surface area contributed by atoms with Gasteiger partial charge in [-0.25, -0.2) is 0 Å². The fourth-order valence-electron chi connectivity index (χ4n) is 4.09. The maximum absolute atomic E-state index is 12.8. The van der Waals surface area contributed by atoms with Gasteiger partial charge < -0.3 is 10.6 Å². The van der Waals surface area contributed by atoms with E-state index in [0.29, 0.717) is 12.0 Å². The van der Waals surface area contributed by atoms with Crippen LogP contribution in [-0.4, -0.2) is 28.9 Å². The molecule has 0 bridgehead atoms. The normalized spacial score (nSPS) is 28.0. The lowest BCUT2D eigenvalue weighted by Gasteiger charge is -2.31. The number of amides is 1. The lowest BCUT2D eigenvalue weighted by molar-refractivity contribution is -0.137. The average molecular weight is 286 g/mol. The van der Waals surface area contributed by atoms with E-state index in [1.54, 1.807) is 0 Å². The highest BCUT2D eigenvalue weighted by Gasteiger charge is 2.44. The summed E-state index contributed by atoms with van der Waals surface area (Å²) in [6.07, 6.45) is 4.93. The van der Waals surface area contributed by atoms with E-state index in [-0.39, 0.29) is 5.91 Å². The molecule has 0 radical (unpaired) electrons. The van der Waals surface area contributed by atoms with Gasteiger partial charge >= 0.3 is 0 Å². The maximum Gasteiger partial charge on any atom is 0.242 e. The molecule has 1 aromatic rings. The smallest absolute Gasteiger partial charge is 0.242 e. The van der Waals surface area contributed by atoms with Crippen molar-refractivity contribution in [2.45, 2.75) is 63.5 Å². The van der Waals surface area contributed by atoms with E-state index in [1.165, 1.54) is 11.1 Å². The summed E-state index contributed by atoms with van der Waals surface area (Å²) in [5.74, 6) is 0.638. The SMILES string of the molecule is Cc1ccccc1C1CC(C)N(C(=O)C2(N)CCCC2)C1. The number of nitrogens with zero attached hydrogens (tertiary/aromatic N) is 1. The molecule has 0 spiro atoms. The number of carbonyl (C=O) groups is 1. The molecule has 1 heterocycles. The Labute approximate surface area is 127 Å². The molecule has 3 nitrogen and oxygen atoms in total. The number of benzene rings is 1. The van der Waals surface area contributed by atoms with Crippen LogP contribution >= 0.6 is 0 Å². The lowest BCUT2D eigenvalue weighted by Crippen LogP contribution is -2.54. The van der Waals surface area contributed by atoms with Gasteiger partial charge in [0.05, 0.1) is 5.54 Å². The van der Waals surface area contributed by atoms with Crippen LogP contribution in [0.1, 0.15) is 56.1 Å². The minimum absolute atomic E-state index is 0.184. The molecule has 0 aromatic heterocycles. The van der Waals surface area contributed by atoms with Gasteiger partial charge in [0.15, 0.2) is 0 Å². The van der Waals surface area contributed by atoms with Crippen LogP contribution < -0.4 is 5.73 Å². The molecule has 2 fully saturated rings. The second kappa shape index (κ2) is 5.45. The number of hydrogen-bond donors (Lipinski definition) is 1. The minimum atomic E-state index is -0.588. The molecule has 21 heavy (non-hydrogen) atoms. The van der Waals surface area contributed by atoms with Gasteiger partial charge in [-0.3, -0.25) is 4.79 Å². The van der Waals surface area contributed by atoms with Crippen molar-refractivity contribution in [2.24, 2.45) is 5.73 Å². The van der Waals surface area contributed by atoms with Gasteiger partial charge in [-0.05, 0) is 44.2 Å². The third kappa shape index (κ3) is 2.59. The summed E-state index contributed by atoms with van der Waals surface area (Å²) in [6, 6.07) is 8.83. The quantitative estimate of drug-likeness (QED) is 0.908. The van der Waals surface area contributed by atoms with Crippen LogP contribution in [0.15, 0.2) is 24.3 Å². The van der Waals surface area contributed by atoms with Crippen LogP contribution in [0.4, 0.5) is 0 Å². The average Bonchev–Trinajstić information content (AvgIpc) is 3.06. The van der Waals surface area contributed by atoms with Crippen LogP contribution in [0, 0.1) is 6.92 Å². The third-order valence-electron chi connectivity index (χ3n) is 5.39. The second-order valence-electron chi connectivity index (χ2n) is 6.96. The van der Waals surface area contributed by atoms with E-state index in [4.69, 9.17) is 5.73 Å². The summed E-state index contributed by atoms with van der Waals surface area (Å²) in [5.41, 5.74) is 8.49. The number of likely N-dealkylation sites (tertiary alicyclic amines) is 1. The number of hydrogen-bond acceptors (Lipinski definition) is 2. The molecule has 1 saturated carbocycles. The topological polar surface area (TPSA) is 46.3 Å². The fraction of sp³-hybridized carbons (Fsp3) is 0.611. The summed E-state index contributed by atoms with van der Waals surface area (Å²) in [5, 5.41) is 0. The van der Waals surface area contributed by atoms with Gasteiger partial charge in [0.1, 0.15) is 0 Å². The molecule has 2 unspecified atom stereocenters. The Morgan fingerprint density at radius 2 is 1.95 bits per heavy atom. The standard InChI is InChI=1S/C18H26N2O/c1-13-7-3-4-8-16(13)15-11-14(2)20(12-15)17(21)18(19)9-5-6-10-18/h3-4,7-8,14-15H,5-6,9-12,19H2,1-2H3. The summed E-state index contributed by atoms with van der Waals surface area (Å²) < 4.78 is 0. The Bertz CT molecular complexity index is 534. The second-order valence-corrected chi connectivity index (χ2v) is 6.96. The van der Waals surface area contributed by atoms with Crippen LogP contribution in [0.3, 0.4) is 0 Å². The highest BCUT2D eigenvalue weighted by atomic mass is 16.2. The zero-order valence-electron chi connectivity index (χ0n) is 13.1. The molecule has 1 aromatic carbocycles. The molecule has 1 saturated heterocycles. The zero-order valence-corrected chi connectivity index (χ0v) is 13.1. The first-order chi connectivity index (χ1) is 10.0. The van der Waals surface area contributed by atoms with Gasteiger partial charge in [-0.2, -0.15) is 0 Å². The van der Waals surface area contributed by atoms with E-state index in [2.05, 4.69) is 38.1 Å². The van der Waals surface area contributed by atoms with Gasteiger partial charge in [-0.1, -0.05) is 37.1 Å². The Kier molecular flexibility index (Phi) is 3.78. The monoisotopic (exact) mass is 286 g/mol. The molecular formula is C18H26N2O. The molecule has 114 valence electrons. The molecule has 1 aliphatic carbocycles. The van der Waals surface area contributed by atoms with Crippen molar-refractivity contribution in [2.75, 3.05) is 6.54 Å². The van der Waals surface area contributed by atoms with E-state index < -0.39 is 5.54 Å².